The van der Waals surface area contributed by atoms with Crippen molar-refractivity contribution in [2.24, 2.45) is 0 Å². The monoisotopic (exact) mass is 364 g/mol. The third kappa shape index (κ3) is 8.00. The second kappa shape index (κ2) is 9.79. The lowest BCUT2D eigenvalue weighted by atomic mass is 10.2. The standard InChI is InChI=1S/C19H28N2O5/c1-6-10-16(22)26-21(13-15-11-8-7-9-12-15)17(23)14(2)20-18(24)25-19(3,4)5/h7-9,11-12,14H,6,10,13H2,1-5H3,(H,20,24). The highest BCUT2D eigenvalue weighted by Gasteiger charge is 2.27. The molecule has 1 aromatic rings. The molecule has 0 aliphatic heterocycles. The maximum Gasteiger partial charge on any atom is 0.408 e. The van der Waals surface area contributed by atoms with Crippen LogP contribution < -0.4 is 5.32 Å². The molecule has 1 unspecified atom stereocenters. The van der Waals surface area contributed by atoms with Crippen molar-refractivity contribution in [2.75, 3.05) is 0 Å². The predicted octanol–water partition coefficient (Wildman–Crippen LogP) is 3.19. The van der Waals surface area contributed by atoms with Crippen molar-refractivity contribution in [1.29, 1.82) is 0 Å². The number of carbonyl (C=O) groups excluding carboxylic acids is 3. The first-order chi connectivity index (χ1) is 12.1. The zero-order valence-corrected chi connectivity index (χ0v) is 16.1. The number of alkyl carbamates (subject to hydrolysis) is 1. The summed E-state index contributed by atoms with van der Waals surface area (Å²) < 4.78 is 5.15. The van der Waals surface area contributed by atoms with E-state index in [1.807, 2.05) is 37.3 Å². The summed E-state index contributed by atoms with van der Waals surface area (Å²) in [6, 6.07) is 8.23. The summed E-state index contributed by atoms with van der Waals surface area (Å²) in [5.74, 6) is -1.04. The molecule has 1 N–H and O–H groups in total. The molecule has 0 aromatic heterocycles. The third-order valence-electron chi connectivity index (χ3n) is 3.18. The van der Waals surface area contributed by atoms with E-state index in [4.69, 9.17) is 9.57 Å². The number of benzene rings is 1. The minimum atomic E-state index is -0.914. The number of nitrogens with one attached hydrogen (secondary N) is 1. The Labute approximate surface area is 154 Å². The van der Waals surface area contributed by atoms with Gasteiger partial charge >= 0.3 is 12.1 Å². The largest absolute Gasteiger partial charge is 0.444 e. The molecule has 0 radical (unpaired) electrons. The first-order valence-electron chi connectivity index (χ1n) is 8.68. The van der Waals surface area contributed by atoms with E-state index in [0.717, 1.165) is 10.6 Å². The van der Waals surface area contributed by atoms with Crippen LogP contribution in [0.2, 0.25) is 0 Å². The Hall–Kier alpha value is -2.57. The molecular formula is C19H28N2O5. The summed E-state index contributed by atoms with van der Waals surface area (Å²) in [7, 11) is 0. The van der Waals surface area contributed by atoms with Gasteiger partial charge in [-0.15, -0.1) is 0 Å². The maximum atomic E-state index is 12.7. The van der Waals surface area contributed by atoms with Gasteiger partial charge in [0.05, 0.1) is 6.54 Å². The number of nitrogens with zero attached hydrogens (tertiary/aromatic N) is 1. The van der Waals surface area contributed by atoms with E-state index in [1.54, 1.807) is 20.8 Å². The highest BCUT2D eigenvalue weighted by Crippen LogP contribution is 2.10. The molecule has 0 aliphatic rings. The molecule has 7 nitrogen and oxygen atoms in total. The molecule has 7 heteroatoms. The van der Waals surface area contributed by atoms with Crippen LogP contribution in [0.25, 0.3) is 0 Å². The van der Waals surface area contributed by atoms with Crippen molar-refractivity contribution in [2.45, 2.75) is 65.6 Å². The molecule has 1 rings (SSSR count). The average Bonchev–Trinajstić information content (AvgIpc) is 2.52. The number of hydroxylamine groups is 2. The first-order valence-corrected chi connectivity index (χ1v) is 8.68. The molecule has 0 saturated carbocycles. The number of hydrogen-bond acceptors (Lipinski definition) is 5. The maximum absolute atomic E-state index is 12.7. The highest BCUT2D eigenvalue weighted by atomic mass is 16.7. The van der Waals surface area contributed by atoms with E-state index < -0.39 is 29.6 Å². The number of hydrogen-bond donors (Lipinski definition) is 1. The molecule has 144 valence electrons. The van der Waals surface area contributed by atoms with Gasteiger partial charge in [-0.2, -0.15) is 5.06 Å². The molecule has 26 heavy (non-hydrogen) atoms. The fourth-order valence-corrected chi connectivity index (χ4v) is 2.04. The second-order valence-corrected chi connectivity index (χ2v) is 6.94. The molecule has 1 atom stereocenters. The van der Waals surface area contributed by atoms with Crippen LogP contribution in [-0.4, -0.2) is 34.7 Å². The summed E-state index contributed by atoms with van der Waals surface area (Å²) in [4.78, 5) is 41.6. The molecule has 1 aromatic carbocycles. The molecule has 0 heterocycles. The molecule has 0 fully saturated rings. The van der Waals surface area contributed by atoms with E-state index in [-0.39, 0.29) is 13.0 Å². The highest BCUT2D eigenvalue weighted by molar-refractivity contribution is 5.85. The van der Waals surface area contributed by atoms with Gasteiger partial charge < -0.3 is 14.9 Å². The van der Waals surface area contributed by atoms with E-state index in [9.17, 15) is 14.4 Å². The summed E-state index contributed by atoms with van der Waals surface area (Å²) in [5, 5.41) is 3.45. The lowest BCUT2D eigenvalue weighted by Gasteiger charge is -2.26. The van der Waals surface area contributed by atoms with Crippen molar-refractivity contribution in [3.05, 3.63) is 35.9 Å². The predicted molar refractivity (Wildman–Crippen MR) is 96.8 cm³/mol. The van der Waals surface area contributed by atoms with E-state index in [2.05, 4.69) is 5.32 Å². The summed E-state index contributed by atoms with van der Waals surface area (Å²) >= 11 is 0. The summed E-state index contributed by atoms with van der Waals surface area (Å²) in [5.41, 5.74) is 0.124. The van der Waals surface area contributed by atoms with Crippen molar-refractivity contribution >= 4 is 18.0 Å². The van der Waals surface area contributed by atoms with Gasteiger partial charge in [0, 0.05) is 6.42 Å². The quantitative estimate of drug-likeness (QED) is 0.784. The Morgan fingerprint density at radius 3 is 2.31 bits per heavy atom. The zero-order chi connectivity index (χ0) is 19.7. The van der Waals surface area contributed by atoms with Gasteiger partial charge in [0.2, 0.25) is 0 Å². The van der Waals surface area contributed by atoms with Crippen LogP contribution in [0.5, 0.6) is 0 Å². The number of ether oxygens (including phenoxy) is 1. The van der Waals surface area contributed by atoms with Gasteiger partial charge in [-0.3, -0.25) is 4.79 Å². The molecule has 0 saturated heterocycles. The number of carbonyl (C=O) groups is 3. The van der Waals surface area contributed by atoms with Crippen LogP contribution in [0.3, 0.4) is 0 Å². The van der Waals surface area contributed by atoms with Crippen molar-refractivity contribution in [3.8, 4) is 0 Å². The van der Waals surface area contributed by atoms with Crippen molar-refractivity contribution < 1.29 is 24.0 Å². The smallest absolute Gasteiger partial charge is 0.408 e. The number of rotatable bonds is 6. The van der Waals surface area contributed by atoms with Gasteiger partial charge in [0.25, 0.3) is 5.91 Å². The SMILES string of the molecule is CCCC(=O)ON(Cc1ccccc1)C(=O)C(C)NC(=O)OC(C)(C)C. The lowest BCUT2D eigenvalue weighted by molar-refractivity contribution is -0.202. The lowest BCUT2D eigenvalue weighted by Crippen LogP contribution is -2.48. The van der Waals surface area contributed by atoms with E-state index in [1.165, 1.54) is 6.92 Å². The Balaban J connectivity index is 2.81. The normalized spacial score (nSPS) is 12.0. The third-order valence-corrected chi connectivity index (χ3v) is 3.18. The van der Waals surface area contributed by atoms with Crippen LogP contribution in [-0.2, 0) is 25.7 Å². The Morgan fingerprint density at radius 2 is 1.77 bits per heavy atom. The van der Waals surface area contributed by atoms with Crippen LogP contribution in [0.15, 0.2) is 30.3 Å². The number of amides is 2. The second-order valence-electron chi connectivity index (χ2n) is 6.94. The first kappa shape index (κ1) is 21.5. The van der Waals surface area contributed by atoms with Crippen LogP contribution in [0.4, 0.5) is 4.79 Å². The van der Waals surface area contributed by atoms with E-state index >= 15 is 0 Å². The topological polar surface area (TPSA) is 84.9 Å². The van der Waals surface area contributed by atoms with Crippen LogP contribution in [0, 0.1) is 0 Å². The van der Waals surface area contributed by atoms with E-state index in [0.29, 0.717) is 6.42 Å². The van der Waals surface area contributed by atoms with Gasteiger partial charge in [0.15, 0.2) is 0 Å². The fourth-order valence-electron chi connectivity index (χ4n) is 2.04. The average molecular weight is 364 g/mol. The molecule has 0 bridgehead atoms. The molecular weight excluding hydrogens is 336 g/mol. The van der Waals surface area contributed by atoms with Crippen molar-refractivity contribution in [1.82, 2.24) is 10.4 Å². The van der Waals surface area contributed by atoms with Gasteiger partial charge in [-0.25, -0.2) is 9.59 Å². The van der Waals surface area contributed by atoms with Gasteiger partial charge in [0.1, 0.15) is 11.6 Å². The minimum absolute atomic E-state index is 0.0927. The van der Waals surface area contributed by atoms with Gasteiger partial charge in [-0.05, 0) is 39.7 Å². The Morgan fingerprint density at radius 1 is 1.15 bits per heavy atom. The fraction of sp³-hybridized carbons (Fsp3) is 0.526. The minimum Gasteiger partial charge on any atom is -0.444 e. The Kier molecular flexibility index (Phi) is 8.09. The summed E-state index contributed by atoms with van der Waals surface area (Å²) in [6.45, 7) is 8.64. The summed E-state index contributed by atoms with van der Waals surface area (Å²) in [6.07, 6.45) is 0.0996. The Bertz CT molecular complexity index is 610. The zero-order valence-electron chi connectivity index (χ0n) is 16.1. The van der Waals surface area contributed by atoms with Gasteiger partial charge in [-0.1, -0.05) is 37.3 Å². The van der Waals surface area contributed by atoms with Crippen LogP contribution in [0.1, 0.15) is 53.0 Å². The molecule has 2 amide bonds. The van der Waals surface area contributed by atoms with Crippen LogP contribution >= 0.6 is 0 Å². The molecule has 0 aliphatic carbocycles. The van der Waals surface area contributed by atoms with Crippen molar-refractivity contribution in [3.63, 3.8) is 0 Å². The molecule has 0 spiro atoms.